The van der Waals surface area contributed by atoms with Crippen molar-refractivity contribution in [2.24, 2.45) is 0 Å². The maximum absolute atomic E-state index is 12.8. The Kier molecular flexibility index (Phi) is 5.30. The van der Waals surface area contributed by atoms with Crippen LogP contribution in [0, 0.1) is 0 Å². The summed E-state index contributed by atoms with van der Waals surface area (Å²) in [5.41, 5.74) is 3.24. The Morgan fingerprint density at radius 1 is 1.10 bits per heavy atom. The van der Waals surface area contributed by atoms with Crippen molar-refractivity contribution in [1.82, 2.24) is 24.3 Å². The number of benzene rings is 2. The third-order valence-corrected chi connectivity index (χ3v) is 6.10. The summed E-state index contributed by atoms with van der Waals surface area (Å²) in [6, 6.07) is 15.3. The molecule has 0 radical (unpaired) electrons. The molecule has 5 rings (SSSR count). The lowest BCUT2D eigenvalue weighted by atomic mass is 10.1. The number of anilines is 1. The molecule has 0 fully saturated rings. The van der Waals surface area contributed by atoms with E-state index in [1.807, 2.05) is 65.6 Å². The van der Waals surface area contributed by atoms with E-state index >= 15 is 0 Å². The number of imidazole rings is 1. The Morgan fingerprint density at radius 2 is 1.97 bits per heavy atom. The van der Waals surface area contributed by atoms with Gasteiger partial charge < -0.3 is 9.88 Å². The molecule has 0 saturated heterocycles. The molecule has 31 heavy (non-hydrogen) atoms. The van der Waals surface area contributed by atoms with Gasteiger partial charge in [0.15, 0.2) is 11.0 Å². The van der Waals surface area contributed by atoms with Crippen LogP contribution in [-0.4, -0.2) is 36.5 Å². The lowest BCUT2D eigenvalue weighted by Crippen LogP contribution is -2.13. The number of rotatable bonds is 5. The Balaban J connectivity index is 1.33. The predicted octanol–water partition coefficient (Wildman–Crippen LogP) is 4.44. The van der Waals surface area contributed by atoms with E-state index in [0.29, 0.717) is 5.56 Å². The Hall–Kier alpha value is -3.39. The first-order valence-corrected chi connectivity index (χ1v) is 11.5. The lowest BCUT2D eigenvalue weighted by Gasteiger charge is -2.15. The summed E-state index contributed by atoms with van der Waals surface area (Å²) in [6.45, 7) is 0.960. The minimum atomic E-state index is -0.153. The topological polar surface area (TPSA) is 77.6 Å². The van der Waals surface area contributed by atoms with Gasteiger partial charge in [-0.25, -0.2) is 4.98 Å². The predicted molar refractivity (Wildman–Crippen MR) is 122 cm³/mol. The summed E-state index contributed by atoms with van der Waals surface area (Å²) in [7, 11) is 0. The van der Waals surface area contributed by atoms with Crippen LogP contribution in [0.4, 0.5) is 5.69 Å². The molecule has 1 amide bonds. The number of nitrogens with zero attached hydrogens (tertiary/aromatic N) is 5. The Morgan fingerprint density at radius 3 is 2.81 bits per heavy atom. The first-order valence-electron chi connectivity index (χ1n) is 10.2. The van der Waals surface area contributed by atoms with Crippen LogP contribution in [-0.2, 0) is 13.0 Å². The first kappa shape index (κ1) is 19.6. The van der Waals surface area contributed by atoms with Crippen LogP contribution in [0.15, 0.2) is 66.1 Å². The number of aryl methyl sites for hydroxylation is 1. The molecule has 1 N–H and O–H groups in total. The van der Waals surface area contributed by atoms with Crippen molar-refractivity contribution in [1.29, 1.82) is 0 Å². The molecule has 0 spiro atoms. The van der Waals surface area contributed by atoms with Gasteiger partial charge in [-0.3, -0.25) is 9.36 Å². The Labute approximate surface area is 184 Å². The molecule has 4 aromatic rings. The second-order valence-corrected chi connectivity index (χ2v) is 8.19. The normalized spacial score (nSPS) is 13.1. The van der Waals surface area contributed by atoms with Gasteiger partial charge in [0, 0.05) is 47.9 Å². The molecular weight excluding hydrogens is 408 g/mol. The van der Waals surface area contributed by atoms with Crippen molar-refractivity contribution in [2.45, 2.75) is 31.0 Å². The average Bonchev–Trinajstić information content (AvgIpc) is 3.47. The zero-order chi connectivity index (χ0) is 21.2. The molecule has 156 valence electrons. The SMILES string of the molecule is CSc1nccn1-c1cccc(C(=O)Nc2ccc(-c3nnc4n3CCCC4)cc2)c1. The van der Waals surface area contributed by atoms with Crippen molar-refractivity contribution < 1.29 is 4.79 Å². The van der Waals surface area contributed by atoms with Gasteiger partial charge in [0.1, 0.15) is 5.82 Å². The number of amides is 1. The smallest absolute Gasteiger partial charge is 0.255 e. The second-order valence-electron chi connectivity index (χ2n) is 7.41. The van der Waals surface area contributed by atoms with Gasteiger partial charge in [-0.05, 0) is 61.6 Å². The highest BCUT2D eigenvalue weighted by Gasteiger charge is 2.17. The number of hydrogen-bond acceptors (Lipinski definition) is 5. The number of hydrogen-bond donors (Lipinski definition) is 1. The van der Waals surface area contributed by atoms with Gasteiger partial charge in [0.25, 0.3) is 5.91 Å². The molecule has 7 nitrogen and oxygen atoms in total. The van der Waals surface area contributed by atoms with Crippen molar-refractivity contribution in [3.8, 4) is 17.1 Å². The van der Waals surface area contributed by atoms with Crippen molar-refractivity contribution in [3.05, 3.63) is 72.3 Å². The van der Waals surface area contributed by atoms with E-state index in [0.717, 1.165) is 53.1 Å². The highest BCUT2D eigenvalue weighted by Crippen LogP contribution is 2.25. The molecule has 0 atom stereocenters. The number of thioether (sulfide) groups is 1. The minimum absolute atomic E-state index is 0.153. The minimum Gasteiger partial charge on any atom is -0.322 e. The number of fused-ring (bicyclic) bond motifs is 1. The lowest BCUT2D eigenvalue weighted by molar-refractivity contribution is 0.102. The molecule has 1 aliphatic rings. The number of carbonyl (C=O) groups excluding carboxylic acids is 1. The van der Waals surface area contributed by atoms with Gasteiger partial charge in [-0.1, -0.05) is 17.8 Å². The number of aromatic nitrogens is 5. The highest BCUT2D eigenvalue weighted by atomic mass is 32.2. The van der Waals surface area contributed by atoms with Crippen LogP contribution >= 0.6 is 11.8 Å². The fourth-order valence-corrected chi connectivity index (χ4v) is 4.39. The third-order valence-electron chi connectivity index (χ3n) is 5.44. The zero-order valence-electron chi connectivity index (χ0n) is 17.2. The van der Waals surface area contributed by atoms with E-state index in [9.17, 15) is 4.79 Å². The van der Waals surface area contributed by atoms with Crippen molar-refractivity contribution >= 4 is 23.4 Å². The van der Waals surface area contributed by atoms with Crippen LogP contribution in [0.5, 0.6) is 0 Å². The average molecular weight is 431 g/mol. The first-order chi connectivity index (χ1) is 15.2. The fourth-order valence-electron chi connectivity index (χ4n) is 3.86. The molecule has 0 saturated carbocycles. The molecule has 1 aliphatic heterocycles. The van der Waals surface area contributed by atoms with Gasteiger partial charge >= 0.3 is 0 Å². The molecule has 3 heterocycles. The second kappa shape index (κ2) is 8.39. The van der Waals surface area contributed by atoms with Gasteiger partial charge in [0.2, 0.25) is 0 Å². The summed E-state index contributed by atoms with van der Waals surface area (Å²) in [6.07, 6.45) is 8.94. The van der Waals surface area contributed by atoms with E-state index in [2.05, 4.69) is 25.1 Å². The molecular formula is C23H22N6OS. The van der Waals surface area contributed by atoms with Gasteiger partial charge in [-0.2, -0.15) is 0 Å². The molecule has 2 aromatic heterocycles. The summed E-state index contributed by atoms with van der Waals surface area (Å²) in [5, 5.41) is 12.6. The molecule has 0 unspecified atom stereocenters. The number of carbonyl (C=O) groups is 1. The zero-order valence-corrected chi connectivity index (χ0v) is 18.0. The van der Waals surface area contributed by atoms with Crippen LogP contribution in [0.1, 0.15) is 29.0 Å². The van der Waals surface area contributed by atoms with Crippen molar-refractivity contribution in [3.63, 3.8) is 0 Å². The highest BCUT2D eigenvalue weighted by molar-refractivity contribution is 7.98. The summed E-state index contributed by atoms with van der Waals surface area (Å²) in [5.74, 6) is 1.80. The third kappa shape index (κ3) is 3.86. The van der Waals surface area contributed by atoms with Crippen LogP contribution in [0.2, 0.25) is 0 Å². The maximum Gasteiger partial charge on any atom is 0.255 e. The summed E-state index contributed by atoms with van der Waals surface area (Å²) in [4.78, 5) is 17.2. The Bertz CT molecular complexity index is 1230. The largest absolute Gasteiger partial charge is 0.322 e. The van der Waals surface area contributed by atoms with E-state index in [1.54, 1.807) is 18.0 Å². The molecule has 2 aromatic carbocycles. The molecule has 8 heteroatoms. The standard InChI is InChI=1S/C23H22N6OS/c1-31-23-24-12-14-28(23)19-6-4-5-17(15-19)22(30)25-18-10-8-16(9-11-18)21-27-26-20-7-2-3-13-29(20)21/h4-6,8-12,14-15H,2-3,7,13H2,1H3,(H,25,30). The quantitative estimate of drug-likeness (QED) is 0.474. The van der Waals surface area contributed by atoms with Crippen LogP contribution in [0.3, 0.4) is 0 Å². The molecule has 0 aliphatic carbocycles. The van der Waals surface area contributed by atoms with E-state index in [-0.39, 0.29) is 5.91 Å². The summed E-state index contributed by atoms with van der Waals surface area (Å²) >= 11 is 1.56. The van der Waals surface area contributed by atoms with E-state index in [4.69, 9.17) is 0 Å². The van der Waals surface area contributed by atoms with Gasteiger partial charge in [-0.15, -0.1) is 10.2 Å². The maximum atomic E-state index is 12.8. The van der Waals surface area contributed by atoms with Gasteiger partial charge in [0.05, 0.1) is 0 Å². The number of nitrogens with one attached hydrogen (secondary N) is 1. The molecule has 0 bridgehead atoms. The van der Waals surface area contributed by atoms with Crippen LogP contribution < -0.4 is 5.32 Å². The van der Waals surface area contributed by atoms with E-state index in [1.165, 1.54) is 6.42 Å². The van der Waals surface area contributed by atoms with Crippen LogP contribution in [0.25, 0.3) is 17.1 Å². The summed E-state index contributed by atoms with van der Waals surface area (Å²) < 4.78 is 4.16. The van der Waals surface area contributed by atoms with Crippen molar-refractivity contribution in [2.75, 3.05) is 11.6 Å². The van der Waals surface area contributed by atoms with E-state index < -0.39 is 0 Å². The monoisotopic (exact) mass is 430 g/mol. The fraction of sp³-hybridized carbons (Fsp3) is 0.217.